The average molecular weight is 373 g/mol. The van der Waals surface area contributed by atoms with Crippen LogP contribution >= 0.6 is 0 Å². The Bertz CT molecular complexity index is 942. The lowest BCUT2D eigenvalue weighted by Crippen LogP contribution is -2.40. The largest absolute Gasteiger partial charge is 0.377 e. The van der Waals surface area contributed by atoms with Gasteiger partial charge in [-0.1, -0.05) is 78.9 Å². The molecule has 0 saturated heterocycles. The van der Waals surface area contributed by atoms with Gasteiger partial charge in [0, 0.05) is 12.0 Å². The van der Waals surface area contributed by atoms with Crippen LogP contribution in [0.15, 0.2) is 84.9 Å². The Morgan fingerprint density at radius 1 is 0.821 bits per heavy atom. The van der Waals surface area contributed by atoms with Gasteiger partial charge in [-0.3, -0.25) is 4.79 Å². The van der Waals surface area contributed by atoms with Crippen molar-refractivity contribution in [2.45, 2.75) is 25.2 Å². The topological polar surface area (TPSA) is 49.8 Å². The first-order valence-corrected chi connectivity index (χ1v) is 9.48. The minimum absolute atomic E-state index is 0.223. The van der Waals surface area contributed by atoms with Gasteiger partial charge < -0.3 is 14.7 Å². The maximum Gasteiger partial charge on any atom is 0.264 e. The van der Waals surface area contributed by atoms with Gasteiger partial charge in [-0.2, -0.15) is 0 Å². The second kappa shape index (κ2) is 7.97. The number of fused-ring (bicyclic) bond motifs is 1. The first-order valence-electron chi connectivity index (χ1n) is 9.48. The zero-order chi connectivity index (χ0) is 19.4. The molecule has 0 aromatic heterocycles. The van der Waals surface area contributed by atoms with Crippen LogP contribution < -0.4 is 4.90 Å². The fraction of sp³-hybridized carbons (Fsp3) is 0.208. The van der Waals surface area contributed by atoms with Gasteiger partial charge in [0.15, 0.2) is 5.60 Å². The molecule has 1 heterocycles. The highest BCUT2D eigenvalue weighted by Crippen LogP contribution is 2.42. The number of nitrogens with zero attached hydrogens (tertiary/aromatic N) is 1. The van der Waals surface area contributed by atoms with E-state index in [4.69, 9.17) is 4.74 Å². The molecule has 4 heteroatoms. The zero-order valence-corrected chi connectivity index (χ0v) is 15.6. The second-order valence-corrected chi connectivity index (χ2v) is 7.04. The predicted molar refractivity (Wildman–Crippen MR) is 109 cm³/mol. The number of rotatable bonds is 7. The Balaban J connectivity index is 1.49. The number of hydrogen-bond donors (Lipinski definition) is 1. The molecule has 1 amide bonds. The molecule has 1 atom stereocenters. The van der Waals surface area contributed by atoms with Gasteiger partial charge in [-0.05, 0) is 17.2 Å². The second-order valence-electron chi connectivity index (χ2n) is 7.04. The maximum atomic E-state index is 13.2. The lowest BCUT2D eigenvalue weighted by molar-refractivity contribution is -0.138. The molecule has 4 nitrogen and oxygen atoms in total. The summed E-state index contributed by atoms with van der Waals surface area (Å²) in [5.74, 6) is -0.291. The summed E-state index contributed by atoms with van der Waals surface area (Å²) in [6, 6.07) is 27.1. The molecule has 0 spiro atoms. The van der Waals surface area contributed by atoms with Crippen LogP contribution in [0, 0.1) is 0 Å². The first-order chi connectivity index (χ1) is 13.7. The fourth-order valence-corrected chi connectivity index (χ4v) is 3.66. The average Bonchev–Trinajstić information content (AvgIpc) is 2.95. The first kappa shape index (κ1) is 18.4. The van der Waals surface area contributed by atoms with Gasteiger partial charge in [0.25, 0.3) is 5.91 Å². The van der Waals surface area contributed by atoms with Crippen LogP contribution in [0.4, 0.5) is 5.69 Å². The van der Waals surface area contributed by atoms with Gasteiger partial charge in [-0.15, -0.1) is 0 Å². The Kier molecular flexibility index (Phi) is 5.24. The number of aliphatic hydroxyl groups is 1. The third kappa shape index (κ3) is 3.57. The quantitative estimate of drug-likeness (QED) is 0.636. The van der Waals surface area contributed by atoms with Crippen molar-refractivity contribution in [2.75, 3.05) is 11.5 Å². The number of amides is 1. The van der Waals surface area contributed by atoms with Gasteiger partial charge in [0.1, 0.15) is 0 Å². The Morgan fingerprint density at radius 2 is 1.43 bits per heavy atom. The van der Waals surface area contributed by atoms with Crippen LogP contribution in [-0.2, 0) is 28.3 Å². The number of hydrogen-bond acceptors (Lipinski definition) is 3. The van der Waals surface area contributed by atoms with E-state index in [1.54, 1.807) is 4.90 Å². The van der Waals surface area contributed by atoms with Crippen molar-refractivity contribution in [3.05, 3.63) is 102 Å². The summed E-state index contributed by atoms with van der Waals surface area (Å²) >= 11 is 0. The van der Waals surface area contributed by atoms with E-state index in [9.17, 15) is 9.90 Å². The molecule has 28 heavy (non-hydrogen) atoms. The summed E-state index contributed by atoms with van der Waals surface area (Å²) in [6.45, 7) is 1.19. The molecule has 1 aliphatic rings. The van der Waals surface area contributed by atoms with Crippen molar-refractivity contribution >= 4 is 11.6 Å². The molecule has 3 aromatic carbocycles. The monoisotopic (exact) mass is 373 g/mol. The standard InChI is InChI=1S/C24H23NO3/c26-23-24(27,15-16-28-18-20-11-5-2-6-12-20)21-13-7-8-14-22(21)25(23)17-19-9-3-1-4-10-19/h1-14,27H,15-18H2. The minimum Gasteiger partial charge on any atom is -0.377 e. The molecule has 142 valence electrons. The van der Waals surface area contributed by atoms with Crippen LogP contribution in [0.3, 0.4) is 0 Å². The summed E-state index contributed by atoms with van der Waals surface area (Å²) in [4.78, 5) is 14.8. The van der Waals surface area contributed by atoms with Crippen LogP contribution in [0.5, 0.6) is 0 Å². The van der Waals surface area contributed by atoms with Crippen molar-refractivity contribution in [1.29, 1.82) is 0 Å². The predicted octanol–water partition coefficient (Wildman–Crippen LogP) is 4.03. The lowest BCUT2D eigenvalue weighted by atomic mass is 9.92. The molecule has 0 saturated carbocycles. The number of carbonyl (C=O) groups excluding carboxylic acids is 1. The SMILES string of the molecule is O=C1N(Cc2ccccc2)c2ccccc2C1(O)CCOCc1ccccc1. The van der Waals surface area contributed by atoms with Gasteiger partial charge in [-0.25, -0.2) is 0 Å². The molecule has 0 fully saturated rings. The van der Waals surface area contributed by atoms with Crippen LogP contribution in [0.25, 0.3) is 0 Å². The van der Waals surface area contributed by atoms with Crippen molar-refractivity contribution < 1.29 is 14.6 Å². The molecule has 0 aliphatic carbocycles. The zero-order valence-electron chi connectivity index (χ0n) is 15.6. The summed E-state index contributed by atoms with van der Waals surface area (Å²) in [6.07, 6.45) is 0.223. The van der Waals surface area contributed by atoms with E-state index < -0.39 is 5.60 Å². The third-order valence-corrected chi connectivity index (χ3v) is 5.14. The van der Waals surface area contributed by atoms with E-state index in [1.807, 2.05) is 84.9 Å². The van der Waals surface area contributed by atoms with E-state index in [0.717, 1.165) is 16.8 Å². The maximum absolute atomic E-state index is 13.2. The van der Waals surface area contributed by atoms with Crippen molar-refractivity contribution in [1.82, 2.24) is 0 Å². The molecule has 0 radical (unpaired) electrons. The van der Waals surface area contributed by atoms with Crippen molar-refractivity contribution in [3.8, 4) is 0 Å². The lowest BCUT2D eigenvalue weighted by Gasteiger charge is -2.23. The molecular weight excluding hydrogens is 350 g/mol. The third-order valence-electron chi connectivity index (χ3n) is 5.14. The van der Waals surface area contributed by atoms with Crippen molar-refractivity contribution in [3.63, 3.8) is 0 Å². The Hall–Kier alpha value is -2.95. The highest BCUT2D eigenvalue weighted by molar-refractivity contribution is 6.06. The molecular formula is C24H23NO3. The van der Waals surface area contributed by atoms with Gasteiger partial charge in [0.05, 0.1) is 25.4 Å². The molecule has 3 aromatic rings. The molecule has 1 N–H and O–H groups in total. The normalized spacial score (nSPS) is 18.3. The highest BCUT2D eigenvalue weighted by atomic mass is 16.5. The molecule has 0 bridgehead atoms. The molecule has 1 unspecified atom stereocenters. The van der Waals surface area contributed by atoms with E-state index in [2.05, 4.69) is 0 Å². The number of carbonyl (C=O) groups is 1. The van der Waals surface area contributed by atoms with Crippen LogP contribution in [0.2, 0.25) is 0 Å². The number of benzene rings is 3. The summed E-state index contributed by atoms with van der Waals surface area (Å²) in [5.41, 5.74) is 1.96. The minimum atomic E-state index is -1.55. The van der Waals surface area contributed by atoms with Crippen LogP contribution in [-0.4, -0.2) is 17.6 Å². The highest BCUT2D eigenvalue weighted by Gasteiger charge is 2.49. The molecule has 4 rings (SSSR count). The number of para-hydroxylation sites is 1. The van der Waals surface area contributed by atoms with E-state index in [-0.39, 0.29) is 12.3 Å². The molecule has 1 aliphatic heterocycles. The number of ether oxygens (including phenoxy) is 1. The Labute approximate surface area is 165 Å². The summed E-state index contributed by atoms with van der Waals surface area (Å²) in [5, 5.41) is 11.3. The van der Waals surface area contributed by atoms with E-state index in [1.165, 1.54) is 0 Å². The van der Waals surface area contributed by atoms with Crippen LogP contribution in [0.1, 0.15) is 23.1 Å². The van der Waals surface area contributed by atoms with E-state index >= 15 is 0 Å². The summed E-state index contributed by atoms with van der Waals surface area (Å²) in [7, 11) is 0. The van der Waals surface area contributed by atoms with Gasteiger partial charge in [0.2, 0.25) is 0 Å². The smallest absolute Gasteiger partial charge is 0.264 e. The Morgan fingerprint density at radius 3 is 2.14 bits per heavy atom. The fourth-order valence-electron chi connectivity index (χ4n) is 3.66. The van der Waals surface area contributed by atoms with E-state index in [0.29, 0.717) is 25.3 Å². The number of anilines is 1. The summed E-state index contributed by atoms with van der Waals surface area (Å²) < 4.78 is 5.73. The van der Waals surface area contributed by atoms with Gasteiger partial charge >= 0.3 is 0 Å². The van der Waals surface area contributed by atoms with Crippen molar-refractivity contribution in [2.24, 2.45) is 0 Å².